The van der Waals surface area contributed by atoms with Gasteiger partial charge in [-0.1, -0.05) is 27.7 Å². The van der Waals surface area contributed by atoms with Gasteiger partial charge in [-0.2, -0.15) is 0 Å². The molecule has 0 N–H and O–H groups in total. The molecule has 2 rings (SSSR count). The molecule has 0 bridgehead atoms. The third-order valence-corrected chi connectivity index (χ3v) is 2.46. The minimum absolute atomic E-state index is 0.00449. The first-order valence-electron chi connectivity index (χ1n) is 5.51. The van der Waals surface area contributed by atoms with Crippen LogP contribution >= 0.6 is 0 Å². The zero-order valence-electron chi connectivity index (χ0n) is 10.2. The Morgan fingerprint density at radius 2 is 2.06 bits per heavy atom. The van der Waals surface area contributed by atoms with Gasteiger partial charge in [0.1, 0.15) is 12.0 Å². The number of ether oxygens (including phenoxy) is 1. The molecule has 1 aliphatic rings. The fourth-order valence-electron chi connectivity index (χ4n) is 1.50. The van der Waals surface area contributed by atoms with Gasteiger partial charge in [-0.15, -0.1) is 0 Å². The highest BCUT2D eigenvalue weighted by atomic mass is 16.5. The summed E-state index contributed by atoms with van der Waals surface area (Å²) < 4.78 is 10.8. The monoisotopic (exact) mass is 219 g/mol. The molecule has 0 atom stereocenters. The van der Waals surface area contributed by atoms with E-state index in [1.165, 1.54) is 0 Å². The van der Waals surface area contributed by atoms with Crippen LogP contribution in [0.25, 0.3) is 5.76 Å². The summed E-state index contributed by atoms with van der Waals surface area (Å²) in [6.07, 6.45) is 7.42. The number of aromatic nitrogens is 1. The summed E-state index contributed by atoms with van der Waals surface area (Å²) >= 11 is 0. The van der Waals surface area contributed by atoms with Gasteiger partial charge in [0, 0.05) is 11.3 Å². The molecule has 86 valence electrons. The zero-order chi connectivity index (χ0) is 11.8. The van der Waals surface area contributed by atoms with E-state index in [4.69, 9.17) is 9.15 Å². The number of oxazole rings is 1. The Balaban J connectivity index is 2.28. The van der Waals surface area contributed by atoms with Gasteiger partial charge in [-0.25, -0.2) is 4.98 Å². The van der Waals surface area contributed by atoms with Gasteiger partial charge in [0.15, 0.2) is 11.6 Å². The summed E-state index contributed by atoms with van der Waals surface area (Å²) in [5, 5.41) is 0. The van der Waals surface area contributed by atoms with Crippen LogP contribution in [0, 0.1) is 5.41 Å². The summed E-state index contributed by atoms with van der Waals surface area (Å²) in [7, 11) is 0. The van der Waals surface area contributed by atoms with Crippen LogP contribution in [0.2, 0.25) is 0 Å². The molecule has 0 aliphatic carbocycles. The Kier molecular flexibility index (Phi) is 2.62. The van der Waals surface area contributed by atoms with Gasteiger partial charge < -0.3 is 9.15 Å². The highest BCUT2D eigenvalue weighted by molar-refractivity contribution is 5.58. The minimum atomic E-state index is 0.00449. The molecule has 0 aromatic carbocycles. The smallest absolute Gasteiger partial charge is 0.197 e. The second-order valence-electron chi connectivity index (χ2n) is 4.98. The molecular formula is C13H17NO2. The Morgan fingerprint density at radius 1 is 1.31 bits per heavy atom. The predicted octanol–water partition coefficient (Wildman–Crippen LogP) is 3.71. The van der Waals surface area contributed by atoms with E-state index in [0.717, 1.165) is 17.3 Å². The molecule has 1 aromatic rings. The Hall–Kier alpha value is -1.51. The maximum Gasteiger partial charge on any atom is 0.197 e. The van der Waals surface area contributed by atoms with E-state index in [9.17, 15) is 0 Å². The molecule has 0 saturated carbocycles. The lowest BCUT2D eigenvalue weighted by atomic mass is 9.91. The van der Waals surface area contributed by atoms with Crippen molar-refractivity contribution in [3.05, 3.63) is 36.3 Å². The normalized spacial score (nSPS) is 18.4. The van der Waals surface area contributed by atoms with E-state index >= 15 is 0 Å². The third-order valence-electron chi connectivity index (χ3n) is 2.46. The van der Waals surface area contributed by atoms with Crippen LogP contribution in [-0.4, -0.2) is 4.98 Å². The lowest BCUT2D eigenvalue weighted by molar-refractivity contribution is 0.397. The van der Waals surface area contributed by atoms with E-state index in [-0.39, 0.29) is 5.41 Å². The molecule has 0 spiro atoms. The molecule has 16 heavy (non-hydrogen) atoms. The summed E-state index contributed by atoms with van der Waals surface area (Å²) in [5.41, 5.74) is 0.769. The van der Waals surface area contributed by atoms with E-state index in [1.807, 2.05) is 6.08 Å². The molecule has 1 aromatic heterocycles. The average molecular weight is 219 g/mol. The van der Waals surface area contributed by atoms with E-state index in [2.05, 4.69) is 38.8 Å². The highest BCUT2D eigenvalue weighted by Crippen LogP contribution is 2.31. The number of nitrogens with zero attached hydrogens (tertiary/aromatic N) is 1. The van der Waals surface area contributed by atoms with Crippen molar-refractivity contribution < 1.29 is 9.15 Å². The van der Waals surface area contributed by atoms with Crippen molar-refractivity contribution in [1.29, 1.82) is 0 Å². The SMILES string of the molecule is CC(C)c1nc(C2=CC(C)(C)C=CO2)co1. The van der Waals surface area contributed by atoms with Crippen LogP contribution in [0.5, 0.6) is 0 Å². The molecule has 0 amide bonds. The standard InChI is InChI=1S/C13H17NO2/c1-9(2)12-14-10(8-16-12)11-7-13(3,4)5-6-15-11/h5-9H,1-4H3. The maximum absolute atomic E-state index is 5.45. The van der Waals surface area contributed by atoms with Gasteiger partial charge in [0.2, 0.25) is 0 Å². The third kappa shape index (κ3) is 2.18. The summed E-state index contributed by atoms with van der Waals surface area (Å²) in [4.78, 5) is 4.41. The van der Waals surface area contributed by atoms with Crippen molar-refractivity contribution >= 4 is 5.76 Å². The van der Waals surface area contributed by atoms with Gasteiger partial charge in [-0.05, 0) is 12.2 Å². The predicted molar refractivity (Wildman–Crippen MR) is 62.6 cm³/mol. The van der Waals surface area contributed by atoms with Crippen LogP contribution in [0.1, 0.15) is 45.2 Å². The van der Waals surface area contributed by atoms with E-state index < -0.39 is 0 Å². The van der Waals surface area contributed by atoms with Crippen molar-refractivity contribution in [1.82, 2.24) is 4.98 Å². The largest absolute Gasteiger partial charge is 0.463 e. The van der Waals surface area contributed by atoms with E-state index in [0.29, 0.717) is 5.92 Å². The topological polar surface area (TPSA) is 35.3 Å². The molecule has 0 fully saturated rings. The molecular weight excluding hydrogens is 202 g/mol. The first-order chi connectivity index (χ1) is 7.48. The molecule has 0 unspecified atom stereocenters. The molecule has 1 aliphatic heterocycles. The van der Waals surface area contributed by atoms with Crippen molar-refractivity contribution in [2.75, 3.05) is 0 Å². The Morgan fingerprint density at radius 3 is 2.62 bits per heavy atom. The molecule has 3 heteroatoms. The fraction of sp³-hybridized carbons (Fsp3) is 0.462. The summed E-state index contributed by atoms with van der Waals surface area (Å²) in [6.45, 7) is 8.34. The van der Waals surface area contributed by atoms with Gasteiger partial charge in [-0.3, -0.25) is 0 Å². The number of rotatable bonds is 2. The van der Waals surface area contributed by atoms with Crippen molar-refractivity contribution in [2.24, 2.45) is 5.41 Å². The first kappa shape index (κ1) is 11.0. The van der Waals surface area contributed by atoms with Crippen molar-refractivity contribution in [3.8, 4) is 0 Å². The lowest BCUT2D eigenvalue weighted by Gasteiger charge is -2.20. The quantitative estimate of drug-likeness (QED) is 0.760. The number of hydrogen-bond donors (Lipinski definition) is 0. The second kappa shape index (κ2) is 3.81. The summed E-state index contributed by atoms with van der Waals surface area (Å²) in [5.74, 6) is 1.80. The van der Waals surface area contributed by atoms with Gasteiger partial charge in [0.25, 0.3) is 0 Å². The zero-order valence-corrected chi connectivity index (χ0v) is 10.2. The van der Waals surface area contributed by atoms with Crippen LogP contribution in [-0.2, 0) is 4.74 Å². The van der Waals surface area contributed by atoms with E-state index in [1.54, 1.807) is 12.5 Å². The van der Waals surface area contributed by atoms with Crippen molar-refractivity contribution in [3.63, 3.8) is 0 Å². The average Bonchev–Trinajstić information content (AvgIpc) is 2.64. The van der Waals surface area contributed by atoms with Crippen LogP contribution < -0.4 is 0 Å². The number of allylic oxidation sites excluding steroid dienone is 2. The van der Waals surface area contributed by atoms with Crippen LogP contribution in [0.15, 0.2) is 29.1 Å². The molecule has 3 nitrogen and oxygen atoms in total. The number of hydrogen-bond acceptors (Lipinski definition) is 3. The lowest BCUT2D eigenvalue weighted by Crippen LogP contribution is -2.08. The second-order valence-corrected chi connectivity index (χ2v) is 4.98. The highest BCUT2D eigenvalue weighted by Gasteiger charge is 2.20. The van der Waals surface area contributed by atoms with Gasteiger partial charge in [0.05, 0.1) is 6.26 Å². The first-order valence-corrected chi connectivity index (χ1v) is 5.51. The Bertz CT molecular complexity index is 439. The van der Waals surface area contributed by atoms with Crippen molar-refractivity contribution in [2.45, 2.75) is 33.6 Å². The maximum atomic E-state index is 5.45. The summed E-state index contributed by atoms with van der Waals surface area (Å²) in [6, 6.07) is 0. The molecule has 2 heterocycles. The van der Waals surface area contributed by atoms with Crippen LogP contribution in [0.4, 0.5) is 0 Å². The minimum Gasteiger partial charge on any atom is -0.463 e. The van der Waals surface area contributed by atoms with Gasteiger partial charge >= 0.3 is 0 Å². The fourth-order valence-corrected chi connectivity index (χ4v) is 1.50. The molecule has 0 saturated heterocycles. The Labute approximate surface area is 95.8 Å². The molecule has 0 radical (unpaired) electrons. The van der Waals surface area contributed by atoms with Crippen LogP contribution in [0.3, 0.4) is 0 Å².